The van der Waals surface area contributed by atoms with Crippen molar-refractivity contribution in [3.05, 3.63) is 23.8 Å². The van der Waals surface area contributed by atoms with Gasteiger partial charge >= 0.3 is 0 Å². The molecule has 3 aliphatic heterocycles. The van der Waals surface area contributed by atoms with Crippen molar-refractivity contribution in [2.24, 2.45) is 5.41 Å². The van der Waals surface area contributed by atoms with Crippen LogP contribution < -0.4 is 4.90 Å². The zero-order valence-corrected chi connectivity index (χ0v) is 17.4. The molecule has 8 heteroatoms. The van der Waals surface area contributed by atoms with Crippen LogP contribution >= 0.6 is 0 Å². The SMILES string of the molecule is O=CN1CC2(CCC(N3CCN(c4cc(F)cnc4C4(F)CCOCC4)CC3)C2)C1. The molecule has 1 aliphatic carbocycles. The standard InChI is InChI=1S/C22H30F2N4O2/c23-17-11-19(20(25-13-17)22(24)3-9-30-10-4-22)28-7-5-27(6-8-28)18-1-2-21(12-18)14-26(15-21)16-29/h11,13,16,18H,1-10,12,14-15H2. The summed E-state index contributed by atoms with van der Waals surface area (Å²) in [7, 11) is 0. The highest BCUT2D eigenvalue weighted by Gasteiger charge is 2.49. The molecule has 0 bridgehead atoms. The summed E-state index contributed by atoms with van der Waals surface area (Å²) in [5.74, 6) is -0.422. The van der Waals surface area contributed by atoms with Gasteiger partial charge in [0.15, 0.2) is 5.67 Å². The number of pyridine rings is 1. The lowest BCUT2D eigenvalue weighted by atomic mass is 9.78. The Balaban J connectivity index is 1.25. The summed E-state index contributed by atoms with van der Waals surface area (Å²) in [4.78, 5) is 21.6. The van der Waals surface area contributed by atoms with E-state index in [0.717, 1.165) is 58.3 Å². The van der Waals surface area contributed by atoms with Crippen LogP contribution in [0.15, 0.2) is 12.3 Å². The molecular weight excluding hydrogens is 390 g/mol. The molecule has 1 unspecified atom stereocenters. The molecule has 30 heavy (non-hydrogen) atoms. The lowest BCUT2D eigenvalue weighted by Crippen LogP contribution is -2.55. The summed E-state index contributed by atoms with van der Waals surface area (Å²) in [5.41, 5.74) is -0.261. The Morgan fingerprint density at radius 1 is 1.13 bits per heavy atom. The summed E-state index contributed by atoms with van der Waals surface area (Å²) in [6.07, 6.45) is 6.13. The molecule has 6 nitrogen and oxygen atoms in total. The van der Waals surface area contributed by atoms with E-state index in [2.05, 4.69) is 14.8 Å². The molecule has 0 N–H and O–H groups in total. The number of aromatic nitrogens is 1. The number of nitrogens with zero attached hydrogens (tertiary/aromatic N) is 4. The summed E-state index contributed by atoms with van der Waals surface area (Å²) in [5, 5.41) is 0. The van der Waals surface area contributed by atoms with E-state index in [1.54, 1.807) is 0 Å². The monoisotopic (exact) mass is 420 g/mol. The van der Waals surface area contributed by atoms with Crippen LogP contribution in [0, 0.1) is 11.2 Å². The van der Waals surface area contributed by atoms with Gasteiger partial charge in [-0.15, -0.1) is 0 Å². The van der Waals surface area contributed by atoms with Gasteiger partial charge in [0.25, 0.3) is 0 Å². The smallest absolute Gasteiger partial charge is 0.209 e. The van der Waals surface area contributed by atoms with Gasteiger partial charge in [0.05, 0.1) is 25.1 Å². The molecule has 1 aromatic rings. The Morgan fingerprint density at radius 3 is 2.57 bits per heavy atom. The van der Waals surface area contributed by atoms with Crippen molar-refractivity contribution < 1.29 is 18.3 Å². The minimum atomic E-state index is -1.55. The number of anilines is 1. The number of ether oxygens (including phenoxy) is 1. The first-order valence-corrected chi connectivity index (χ1v) is 11.1. The maximum absolute atomic E-state index is 15.6. The highest BCUT2D eigenvalue weighted by atomic mass is 19.1. The van der Waals surface area contributed by atoms with Crippen molar-refractivity contribution >= 4 is 12.1 Å². The normalized spacial score (nSPS) is 28.5. The van der Waals surface area contributed by atoms with Gasteiger partial charge < -0.3 is 14.5 Å². The van der Waals surface area contributed by atoms with Gasteiger partial charge in [-0.3, -0.25) is 14.7 Å². The van der Waals surface area contributed by atoms with E-state index in [1.807, 2.05) is 4.90 Å². The first-order valence-electron chi connectivity index (χ1n) is 11.1. The van der Waals surface area contributed by atoms with Crippen LogP contribution in [-0.2, 0) is 15.2 Å². The summed E-state index contributed by atoms with van der Waals surface area (Å²) < 4.78 is 35.0. The third-order valence-electron chi connectivity index (χ3n) is 7.62. The molecule has 3 saturated heterocycles. The van der Waals surface area contributed by atoms with E-state index in [1.165, 1.54) is 18.9 Å². The van der Waals surface area contributed by atoms with Crippen LogP contribution in [0.3, 0.4) is 0 Å². The van der Waals surface area contributed by atoms with Gasteiger partial charge in [0, 0.05) is 69.6 Å². The van der Waals surface area contributed by atoms with Crippen LogP contribution in [0.1, 0.15) is 37.8 Å². The predicted octanol–water partition coefficient (Wildman–Crippen LogP) is 2.33. The van der Waals surface area contributed by atoms with Gasteiger partial charge in [-0.05, 0) is 19.3 Å². The maximum Gasteiger partial charge on any atom is 0.209 e. The molecule has 1 atom stereocenters. The fourth-order valence-corrected chi connectivity index (χ4v) is 5.94. The number of hydrogen-bond acceptors (Lipinski definition) is 5. The van der Waals surface area contributed by atoms with Gasteiger partial charge in [0.1, 0.15) is 11.5 Å². The average Bonchev–Trinajstić information content (AvgIpc) is 3.19. The Morgan fingerprint density at radius 2 is 1.87 bits per heavy atom. The molecule has 4 fully saturated rings. The highest BCUT2D eigenvalue weighted by Crippen LogP contribution is 2.47. The fourth-order valence-electron chi connectivity index (χ4n) is 5.94. The first-order chi connectivity index (χ1) is 14.5. The summed E-state index contributed by atoms with van der Waals surface area (Å²) in [6, 6.07) is 2.00. The van der Waals surface area contributed by atoms with Crippen molar-refractivity contribution in [1.82, 2.24) is 14.8 Å². The number of carbonyl (C=O) groups is 1. The van der Waals surface area contributed by atoms with Crippen molar-refractivity contribution in [1.29, 1.82) is 0 Å². The number of rotatable bonds is 4. The predicted molar refractivity (Wildman–Crippen MR) is 109 cm³/mol. The molecule has 4 heterocycles. The molecule has 0 radical (unpaired) electrons. The van der Waals surface area contributed by atoms with E-state index in [9.17, 15) is 9.18 Å². The Kier molecular flexibility index (Phi) is 5.17. The van der Waals surface area contributed by atoms with Crippen molar-refractivity contribution in [3.63, 3.8) is 0 Å². The van der Waals surface area contributed by atoms with E-state index in [4.69, 9.17) is 4.74 Å². The van der Waals surface area contributed by atoms with E-state index >= 15 is 4.39 Å². The summed E-state index contributed by atoms with van der Waals surface area (Å²) >= 11 is 0. The first kappa shape index (κ1) is 20.1. The second-order valence-electron chi connectivity index (χ2n) is 9.53. The third kappa shape index (κ3) is 3.58. The second-order valence-corrected chi connectivity index (χ2v) is 9.53. The van der Waals surface area contributed by atoms with Crippen LogP contribution in [-0.4, -0.2) is 79.7 Å². The number of likely N-dealkylation sites (tertiary alicyclic amines) is 1. The van der Waals surface area contributed by atoms with Crippen LogP contribution in [0.5, 0.6) is 0 Å². The molecular formula is C22H30F2N4O2. The van der Waals surface area contributed by atoms with Crippen molar-refractivity contribution in [2.75, 3.05) is 57.4 Å². The lowest BCUT2D eigenvalue weighted by molar-refractivity contribution is -0.129. The van der Waals surface area contributed by atoms with Crippen LogP contribution in [0.4, 0.5) is 14.5 Å². The largest absolute Gasteiger partial charge is 0.381 e. The maximum atomic E-state index is 15.6. The number of halogens is 2. The quantitative estimate of drug-likeness (QED) is 0.700. The van der Waals surface area contributed by atoms with Crippen molar-refractivity contribution in [2.45, 2.75) is 43.8 Å². The molecule has 4 aliphatic rings. The second kappa shape index (κ2) is 7.71. The number of amides is 1. The molecule has 1 amide bonds. The van der Waals surface area contributed by atoms with E-state index in [0.29, 0.717) is 36.1 Å². The molecule has 164 valence electrons. The number of carbonyl (C=O) groups excluding carboxylic acids is 1. The molecule has 1 aromatic heterocycles. The Labute approximate surface area is 176 Å². The third-order valence-corrected chi connectivity index (χ3v) is 7.62. The molecule has 1 saturated carbocycles. The van der Waals surface area contributed by atoms with Gasteiger partial charge in [-0.2, -0.15) is 0 Å². The highest BCUT2D eigenvalue weighted by molar-refractivity contribution is 5.54. The zero-order valence-electron chi connectivity index (χ0n) is 17.4. The van der Waals surface area contributed by atoms with Gasteiger partial charge in [0.2, 0.25) is 6.41 Å². The van der Waals surface area contributed by atoms with E-state index in [-0.39, 0.29) is 12.8 Å². The van der Waals surface area contributed by atoms with Crippen LogP contribution in [0.25, 0.3) is 0 Å². The minimum Gasteiger partial charge on any atom is -0.381 e. The lowest BCUT2D eigenvalue weighted by Gasteiger charge is -2.47. The zero-order chi connectivity index (χ0) is 20.8. The fraction of sp³-hybridized carbons (Fsp3) is 0.727. The van der Waals surface area contributed by atoms with Crippen LogP contribution in [0.2, 0.25) is 0 Å². The summed E-state index contributed by atoms with van der Waals surface area (Å²) in [6.45, 7) is 5.79. The molecule has 1 spiro atoms. The number of hydrogen-bond donors (Lipinski definition) is 0. The Hall–Kier alpha value is -1.80. The number of piperazine rings is 1. The van der Waals surface area contributed by atoms with Gasteiger partial charge in [-0.25, -0.2) is 8.78 Å². The average molecular weight is 421 g/mol. The van der Waals surface area contributed by atoms with E-state index < -0.39 is 11.5 Å². The van der Waals surface area contributed by atoms with Gasteiger partial charge in [-0.1, -0.05) is 0 Å². The molecule has 0 aromatic carbocycles. The Bertz CT molecular complexity index is 787. The van der Waals surface area contributed by atoms with Crippen molar-refractivity contribution in [3.8, 4) is 0 Å². The number of alkyl halides is 1. The topological polar surface area (TPSA) is 48.9 Å². The molecule has 5 rings (SSSR count). The minimum absolute atomic E-state index is 0.264.